The quantitative estimate of drug-likeness (QED) is 0.178. The van der Waals surface area contributed by atoms with E-state index in [-0.39, 0.29) is 10.6 Å². The molecule has 1 amide bonds. The standard InChI is InChI=1S/C31H33ClN4O4S/c1-6-40-30-10-8-7-9-29(30)35(41(38,39)28-13-11-26(32)12-14-28)20-31(37)34-33-19-25-18-23(4)36(24(25)5)27-16-21(2)15-22(3)17-27/h7-19H,6,20H2,1-5H3,(H,34,37)/b33-19-. The number of hydrazone groups is 1. The molecule has 0 fully saturated rings. The van der Waals surface area contributed by atoms with Crippen molar-refractivity contribution >= 4 is 39.4 Å². The van der Waals surface area contributed by atoms with E-state index >= 15 is 0 Å². The van der Waals surface area contributed by atoms with Gasteiger partial charge in [0.2, 0.25) is 0 Å². The van der Waals surface area contributed by atoms with Crippen molar-refractivity contribution in [3.8, 4) is 11.4 Å². The van der Waals surface area contributed by atoms with Crippen molar-refractivity contribution in [1.29, 1.82) is 0 Å². The number of anilines is 1. The molecule has 0 saturated heterocycles. The summed E-state index contributed by atoms with van der Waals surface area (Å²) >= 11 is 5.98. The SMILES string of the molecule is CCOc1ccccc1N(CC(=O)N/N=C\c1cc(C)n(-c2cc(C)cc(C)c2)c1C)S(=O)(=O)c1ccc(Cl)cc1. The number of amides is 1. The number of rotatable bonds is 10. The van der Waals surface area contributed by atoms with Crippen LogP contribution in [-0.2, 0) is 14.8 Å². The van der Waals surface area contributed by atoms with Crippen LogP contribution in [0.15, 0.2) is 82.8 Å². The molecule has 0 radical (unpaired) electrons. The van der Waals surface area contributed by atoms with Gasteiger partial charge in [-0.25, -0.2) is 13.8 Å². The number of halogens is 1. The summed E-state index contributed by atoms with van der Waals surface area (Å²) < 4.78 is 36.2. The minimum Gasteiger partial charge on any atom is -0.492 e. The lowest BCUT2D eigenvalue weighted by Crippen LogP contribution is -2.39. The molecule has 1 N–H and O–H groups in total. The number of nitrogens with zero attached hydrogens (tertiary/aromatic N) is 3. The zero-order chi connectivity index (χ0) is 29.7. The monoisotopic (exact) mass is 592 g/mol. The number of aromatic nitrogens is 1. The molecule has 0 unspecified atom stereocenters. The Hall–Kier alpha value is -4.08. The summed E-state index contributed by atoms with van der Waals surface area (Å²) in [5, 5.41) is 4.55. The second-order valence-electron chi connectivity index (χ2n) is 9.67. The number of carbonyl (C=O) groups excluding carboxylic acids is 1. The highest BCUT2D eigenvalue weighted by Crippen LogP contribution is 2.32. The molecule has 1 aromatic heterocycles. The summed E-state index contributed by atoms with van der Waals surface area (Å²) in [6, 6.07) is 20.8. The molecule has 0 spiro atoms. The van der Waals surface area contributed by atoms with E-state index in [9.17, 15) is 13.2 Å². The summed E-state index contributed by atoms with van der Waals surface area (Å²) in [6.07, 6.45) is 1.56. The molecular formula is C31H33ClN4O4S. The Balaban J connectivity index is 1.60. The fraction of sp³-hybridized carbons (Fsp3) is 0.226. The van der Waals surface area contributed by atoms with E-state index in [1.807, 2.05) is 19.9 Å². The first-order valence-corrected chi connectivity index (χ1v) is 14.9. The highest BCUT2D eigenvalue weighted by Gasteiger charge is 2.29. The van der Waals surface area contributed by atoms with Gasteiger partial charge in [-0.1, -0.05) is 29.8 Å². The van der Waals surface area contributed by atoms with E-state index < -0.39 is 22.5 Å². The average Bonchev–Trinajstić information content (AvgIpc) is 3.20. The molecule has 0 aliphatic heterocycles. The number of hydrogen-bond acceptors (Lipinski definition) is 5. The van der Waals surface area contributed by atoms with Crippen molar-refractivity contribution in [2.45, 2.75) is 39.5 Å². The second-order valence-corrected chi connectivity index (χ2v) is 12.0. The predicted molar refractivity (Wildman–Crippen MR) is 164 cm³/mol. The van der Waals surface area contributed by atoms with Gasteiger partial charge in [0.25, 0.3) is 15.9 Å². The normalized spacial score (nSPS) is 11.6. The number of para-hydroxylation sites is 2. The van der Waals surface area contributed by atoms with Crippen molar-refractivity contribution in [1.82, 2.24) is 9.99 Å². The van der Waals surface area contributed by atoms with Crippen LogP contribution in [0.4, 0.5) is 5.69 Å². The summed E-state index contributed by atoms with van der Waals surface area (Å²) in [7, 11) is -4.15. The van der Waals surface area contributed by atoms with Gasteiger partial charge in [-0.2, -0.15) is 5.10 Å². The summed E-state index contributed by atoms with van der Waals surface area (Å²) in [5.41, 5.74) is 8.91. The summed E-state index contributed by atoms with van der Waals surface area (Å²) in [4.78, 5) is 13.1. The molecule has 0 aliphatic carbocycles. The van der Waals surface area contributed by atoms with Gasteiger partial charge < -0.3 is 9.30 Å². The molecular weight excluding hydrogens is 560 g/mol. The maximum Gasteiger partial charge on any atom is 0.264 e. The maximum atomic E-state index is 13.7. The number of benzene rings is 3. The van der Waals surface area contributed by atoms with Gasteiger partial charge in [0.1, 0.15) is 12.3 Å². The van der Waals surface area contributed by atoms with Gasteiger partial charge in [-0.3, -0.25) is 9.10 Å². The van der Waals surface area contributed by atoms with E-state index in [2.05, 4.69) is 47.1 Å². The Kier molecular flexibility index (Phi) is 9.20. The fourth-order valence-corrected chi connectivity index (χ4v) is 6.27. The molecule has 3 aromatic carbocycles. The Bertz CT molecular complexity index is 1680. The zero-order valence-corrected chi connectivity index (χ0v) is 25.3. The number of carbonyl (C=O) groups is 1. The van der Waals surface area contributed by atoms with E-state index in [1.54, 1.807) is 37.4 Å². The molecule has 0 saturated carbocycles. The number of nitrogens with one attached hydrogen (secondary N) is 1. The molecule has 41 heavy (non-hydrogen) atoms. The van der Waals surface area contributed by atoms with Gasteiger partial charge >= 0.3 is 0 Å². The Morgan fingerprint density at radius 1 is 1.00 bits per heavy atom. The van der Waals surface area contributed by atoms with E-state index in [1.165, 1.54) is 35.4 Å². The van der Waals surface area contributed by atoms with Crippen LogP contribution in [0, 0.1) is 27.7 Å². The largest absolute Gasteiger partial charge is 0.492 e. The van der Waals surface area contributed by atoms with Crippen molar-refractivity contribution in [2.75, 3.05) is 17.5 Å². The molecule has 4 aromatic rings. The maximum absolute atomic E-state index is 13.7. The summed E-state index contributed by atoms with van der Waals surface area (Å²) in [5.74, 6) is -0.282. The molecule has 4 rings (SSSR count). The minimum atomic E-state index is -4.15. The van der Waals surface area contributed by atoms with Crippen LogP contribution in [0.5, 0.6) is 5.75 Å². The van der Waals surface area contributed by atoms with Crippen LogP contribution >= 0.6 is 11.6 Å². The molecule has 0 aliphatic rings. The molecule has 214 valence electrons. The number of ether oxygens (including phenoxy) is 1. The third-order valence-corrected chi connectivity index (χ3v) is 8.48. The highest BCUT2D eigenvalue weighted by atomic mass is 35.5. The Morgan fingerprint density at radius 2 is 1.66 bits per heavy atom. The Labute approximate surface area is 246 Å². The predicted octanol–water partition coefficient (Wildman–Crippen LogP) is 6.11. The lowest BCUT2D eigenvalue weighted by atomic mass is 10.1. The van der Waals surface area contributed by atoms with Crippen LogP contribution in [0.25, 0.3) is 5.69 Å². The average molecular weight is 593 g/mol. The van der Waals surface area contributed by atoms with Crippen molar-refractivity contribution in [3.63, 3.8) is 0 Å². The molecule has 8 nitrogen and oxygen atoms in total. The van der Waals surface area contributed by atoms with Crippen molar-refractivity contribution < 1.29 is 17.9 Å². The smallest absolute Gasteiger partial charge is 0.264 e. The lowest BCUT2D eigenvalue weighted by molar-refractivity contribution is -0.119. The first kappa shape index (κ1) is 29.9. The third-order valence-electron chi connectivity index (χ3n) is 6.45. The van der Waals surface area contributed by atoms with Crippen LogP contribution in [0.3, 0.4) is 0 Å². The molecule has 1 heterocycles. The third kappa shape index (κ3) is 6.81. The molecule has 10 heteroatoms. The number of sulfonamides is 1. The van der Waals surface area contributed by atoms with E-state index in [4.69, 9.17) is 16.3 Å². The number of hydrogen-bond donors (Lipinski definition) is 1. The van der Waals surface area contributed by atoms with Gasteiger partial charge in [-0.05, 0) is 100 Å². The van der Waals surface area contributed by atoms with Crippen LogP contribution in [0.2, 0.25) is 5.02 Å². The van der Waals surface area contributed by atoms with Crippen LogP contribution in [0.1, 0.15) is 35.0 Å². The first-order chi connectivity index (χ1) is 19.5. The molecule has 0 bridgehead atoms. The lowest BCUT2D eigenvalue weighted by Gasteiger charge is -2.25. The Morgan fingerprint density at radius 3 is 2.32 bits per heavy atom. The van der Waals surface area contributed by atoms with Gasteiger partial charge in [0.15, 0.2) is 0 Å². The van der Waals surface area contributed by atoms with Gasteiger partial charge in [0, 0.05) is 27.7 Å². The highest BCUT2D eigenvalue weighted by molar-refractivity contribution is 7.92. The van der Waals surface area contributed by atoms with Gasteiger partial charge in [0.05, 0.1) is 23.4 Å². The molecule has 0 atom stereocenters. The van der Waals surface area contributed by atoms with Crippen LogP contribution in [-0.4, -0.2) is 38.3 Å². The topological polar surface area (TPSA) is 93.0 Å². The fourth-order valence-electron chi connectivity index (χ4n) is 4.71. The first-order valence-electron chi connectivity index (χ1n) is 13.1. The zero-order valence-electron chi connectivity index (χ0n) is 23.7. The van der Waals surface area contributed by atoms with Gasteiger partial charge in [-0.15, -0.1) is 0 Å². The van der Waals surface area contributed by atoms with Crippen LogP contribution < -0.4 is 14.5 Å². The number of aryl methyl sites for hydroxylation is 3. The minimum absolute atomic E-state index is 0.0108. The summed E-state index contributed by atoms with van der Waals surface area (Å²) in [6.45, 7) is 9.72. The second kappa shape index (κ2) is 12.6. The van der Waals surface area contributed by atoms with E-state index in [0.29, 0.717) is 17.4 Å². The van der Waals surface area contributed by atoms with Crippen molar-refractivity contribution in [3.05, 3.63) is 106 Å². The van der Waals surface area contributed by atoms with E-state index in [0.717, 1.165) is 26.9 Å². The van der Waals surface area contributed by atoms with Crippen molar-refractivity contribution in [2.24, 2.45) is 5.10 Å².